The van der Waals surface area contributed by atoms with Gasteiger partial charge in [0.25, 0.3) is 11.6 Å². The lowest BCUT2D eigenvalue weighted by molar-refractivity contribution is -0.384. The molecule has 1 amide bonds. The molecule has 8 heteroatoms. The first-order valence-electron chi connectivity index (χ1n) is 11.4. The zero-order chi connectivity index (χ0) is 23.7. The SMILES string of the molecule is O=C(NC(=S)Nc1ccc2c(c1)Cc1ccccc1-2)c1ccc(N2CCCCC2)c([N+](=O)[O-])c1. The van der Waals surface area contributed by atoms with Gasteiger partial charge in [-0.15, -0.1) is 0 Å². The first-order valence-corrected chi connectivity index (χ1v) is 11.8. The predicted molar refractivity (Wildman–Crippen MR) is 138 cm³/mol. The van der Waals surface area contributed by atoms with Gasteiger partial charge in [-0.05, 0) is 84.4 Å². The monoisotopic (exact) mass is 472 g/mol. The molecule has 1 heterocycles. The maximum atomic E-state index is 12.8. The maximum absolute atomic E-state index is 12.8. The number of fused-ring (bicyclic) bond motifs is 3. The summed E-state index contributed by atoms with van der Waals surface area (Å²) in [6.45, 7) is 1.57. The molecule has 172 valence electrons. The van der Waals surface area contributed by atoms with Crippen molar-refractivity contribution in [1.29, 1.82) is 0 Å². The lowest BCUT2D eigenvalue weighted by Crippen LogP contribution is -2.34. The molecule has 0 unspecified atom stereocenters. The Kier molecular flexibility index (Phi) is 5.98. The standard InChI is InChI=1S/C26H24N4O3S/c31-25(18-8-11-23(24(16-18)30(32)33)29-12-4-1-5-13-29)28-26(34)27-20-9-10-22-19(15-20)14-17-6-2-3-7-21(17)22/h2-3,6-11,15-16H,1,4-5,12-14H2,(H2,27,28,31,34). The quantitative estimate of drug-likeness (QED) is 0.239. The molecule has 2 N–H and O–H groups in total. The van der Waals surface area contributed by atoms with Gasteiger partial charge in [-0.3, -0.25) is 20.2 Å². The molecule has 0 bridgehead atoms. The summed E-state index contributed by atoms with van der Waals surface area (Å²) in [4.78, 5) is 26.0. The highest BCUT2D eigenvalue weighted by Gasteiger charge is 2.23. The van der Waals surface area contributed by atoms with Crippen molar-refractivity contribution in [2.24, 2.45) is 0 Å². The van der Waals surface area contributed by atoms with Crippen molar-refractivity contribution in [3.05, 3.63) is 87.5 Å². The van der Waals surface area contributed by atoms with E-state index in [1.807, 2.05) is 29.2 Å². The first-order chi connectivity index (χ1) is 16.5. The van der Waals surface area contributed by atoms with Crippen LogP contribution in [0.3, 0.4) is 0 Å². The molecular weight excluding hydrogens is 448 g/mol. The lowest BCUT2D eigenvalue weighted by atomic mass is 10.1. The average Bonchev–Trinajstić information content (AvgIpc) is 3.21. The summed E-state index contributed by atoms with van der Waals surface area (Å²) in [7, 11) is 0. The molecule has 0 atom stereocenters. The highest BCUT2D eigenvalue weighted by atomic mass is 32.1. The minimum absolute atomic E-state index is 0.0633. The minimum Gasteiger partial charge on any atom is -0.366 e. The number of hydrogen-bond donors (Lipinski definition) is 2. The Bertz CT molecular complexity index is 1300. The van der Waals surface area contributed by atoms with Gasteiger partial charge >= 0.3 is 0 Å². The van der Waals surface area contributed by atoms with Gasteiger partial charge in [0.15, 0.2) is 5.11 Å². The van der Waals surface area contributed by atoms with Gasteiger partial charge in [0.1, 0.15) is 5.69 Å². The number of rotatable bonds is 4. The molecule has 1 aliphatic heterocycles. The van der Waals surface area contributed by atoms with Gasteiger partial charge in [-0.2, -0.15) is 0 Å². The Labute approximate surface area is 202 Å². The van der Waals surface area contributed by atoms with E-state index in [1.165, 1.54) is 28.3 Å². The molecule has 1 aliphatic carbocycles. The van der Waals surface area contributed by atoms with E-state index >= 15 is 0 Å². The number of benzene rings is 3. The molecule has 0 aromatic heterocycles. The van der Waals surface area contributed by atoms with Gasteiger partial charge in [0, 0.05) is 30.4 Å². The van der Waals surface area contributed by atoms with Crippen LogP contribution in [-0.4, -0.2) is 29.0 Å². The van der Waals surface area contributed by atoms with Crippen molar-refractivity contribution < 1.29 is 9.72 Å². The van der Waals surface area contributed by atoms with Gasteiger partial charge in [0.2, 0.25) is 0 Å². The van der Waals surface area contributed by atoms with Crippen molar-refractivity contribution in [3.8, 4) is 11.1 Å². The third-order valence-corrected chi connectivity index (χ3v) is 6.61. The van der Waals surface area contributed by atoms with E-state index in [-0.39, 0.29) is 16.4 Å². The van der Waals surface area contributed by atoms with Gasteiger partial charge in [-0.25, -0.2) is 0 Å². The zero-order valence-corrected chi connectivity index (χ0v) is 19.4. The van der Waals surface area contributed by atoms with Crippen LogP contribution in [0, 0.1) is 10.1 Å². The Morgan fingerprint density at radius 2 is 1.71 bits per heavy atom. The summed E-state index contributed by atoms with van der Waals surface area (Å²) >= 11 is 5.34. The number of nitrogens with zero attached hydrogens (tertiary/aromatic N) is 2. The summed E-state index contributed by atoms with van der Waals surface area (Å²) in [6, 6.07) is 18.9. The fraction of sp³-hybridized carbons (Fsp3) is 0.231. The molecule has 2 aliphatic rings. The van der Waals surface area contributed by atoms with E-state index in [0.717, 1.165) is 44.5 Å². The first kappa shape index (κ1) is 22.0. The summed E-state index contributed by atoms with van der Waals surface area (Å²) in [6.07, 6.45) is 4.00. The number of hydrogen-bond acceptors (Lipinski definition) is 5. The van der Waals surface area contributed by atoms with E-state index in [0.29, 0.717) is 5.69 Å². The number of carbonyl (C=O) groups excluding carboxylic acids is 1. The number of carbonyl (C=O) groups is 1. The Hall–Kier alpha value is -3.78. The summed E-state index contributed by atoms with van der Waals surface area (Å²) < 4.78 is 0. The van der Waals surface area contributed by atoms with Gasteiger partial charge in [-0.1, -0.05) is 30.3 Å². The molecule has 0 saturated carbocycles. The van der Waals surface area contributed by atoms with E-state index in [1.54, 1.807) is 12.1 Å². The van der Waals surface area contributed by atoms with Crippen molar-refractivity contribution in [2.75, 3.05) is 23.3 Å². The lowest BCUT2D eigenvalue weighted by Gasteiger charge is -2.28. The normalized spacial score (nSPS) is 14.2. The summed E-state index contributed by atoms with van der Waals surface area (Å²) in [5.74, 6) is -0.487. The molecule has 7 nitrogen and oxygen atoms in total. The van der Waals surface area contributed by atoms with Gasteiger partial charge < -0.3 is 10.2 Å². The van der Waals surface area contributed by atoms with Crippen LogP contribution < -0.4 is 15.5 Å². The molecule has 0 spiro atoms. The fourth-order valence-corrected chi connectivity index (χ4v) is 4.98. The maximum Gasteiger partial charge on any atom is 0.293 e. The van der Waals surface area contributed by atoms with Crippen LogP contribution in [0.2, 0.25) is 0 Å². The predicted octanol–water partition coefficient (Wildman–Crippen LogP) is 5.28. The fourth-order valence-electron chi connectivity index (χ4n) is 4.77. The number of nitrogens with one attached hydrogen (secondary N) is 2. The molecule has 3 aromatic carbocycles. The largest absolute Gasteiger partial charge is 0.366 e. The number of nitro groups is 1. The smallest absolute Gasteiger partial charge is 0.293 e. The summed E-state index contributed by atoms with van der Waals surface area (Å²) in [5, 5.41) is 17.5. The molecule has 3 aromatic rings. The van der Waals surface area contributed by atoms with Crippen molar-refractivity contribution in [1.82, 2.24) is 5.32 Å². The van der Waals surface area contributed by atoms with E-state index in [2.05, 4.69) is 28.8 Å². The van der Waals surface area contributed by atoms with Gasteiger partial charge in [0.05, 0.1) is 4.92 Å². The van der Waals surface area contributed by atoms with Crippen LogP contribution in [-0.2, 0) is 6.42 Å². The molecule has 0 radical (unpaired) electrons. The minimum atomic E-state index is -0.487. The Morgan fingerprint density at radius 3 is 2.50 bits per heavy atom. The second kappa shape index (κ2) is 9.23. The molecular formula is C26H24N4O3S. The molecule has 34 heavy (non-hydrogen) atoms. The Morgan fingerprint density at radius 1 is 0.941 bits per heavy atom. The van der Waals surface area contributed by atoms with Crippen molar-refractivity contribution >= 4 is 40.3 Å². The number of amides is 1. The van der Waals surface area contributed by atoms with Crippen LogP contribution in [0.15, 0.2) is 60.7 Å². The van der Waals surface area contributed by atoms with E-state index < -0.39 is 10.8 Å². The third kappa shape index (κ3) is 4.36. The molecule has 1 saturated heterocycles. The van der Waals surface area contributed by atoms with Crippen molar-refractivity contribution in [3.63, 3.8) is 0 Å². The van der Waals surface area contributed by atoms with Crippen LogP contribution in [0.25, 0.3) is 11.1 Å². The molecule has 5 rings (SSSR count). The van der Waals surface area contributed by atoms with Crippen LogP contribution >= 0.6 is 12.2 Å². The van der Waals surface area contributed by atoms with E-state index in [4.69, 9.17) is 12.2 Å². The number of thiocarbonyl (C=S) groups is 1. The molecule has 1 fully saturated rings. The average molecular weight is 473 g/mol. The second-order valence-corrected chi connectivity index (χ2v) is 9.03. The van der Waals surface area contributed by atoms with Crippen LogP contribution in [0.5, 0.6) is 0 Å². The summed E-state index contributed by atoms with van der Waals surface area (Å²) in [5.41, 5.74) is 6.41. The van der Waals surface area contributed by atoms with E-state index in [9.17, 15) is 14.9 Å². The van der Waals surface area contributed by atoms with Crippen LogP contribution in [0.4, 0.5) is 17.1 Å². The highest BCUT2D eigenvalue weighted by Crippen LogP contribution is 2.37. The number of nitro benzene ring substituents is 1. The highest BCUT2D eigenvalue weighted by molar-refractivity contribution is 7.80. The topological polar surface area (TPSA) is 87.5 Å². The van der Waals surface area contributed by atoms with Crippen molar-refractivity contribution in [2.45, 2.75) is 25.7 Å². The van der Waals surface area contributed by atoms with Crippen LogP contribution in [0.1, 0.15) is 40.7 Å². The Balaban J connectivity index is 1.27. The second-order valence-electron chi connectivity index (χ2n) is 8.62. The zero-order valence-electron chi connectivity index (χ0n) is 18.5. The number of piperidine rings is 1. The number of anilines is 2. The third-order valence-electron chi connectivity index (χ3n) is 6.41.